The van der Waals surface area contributed by atoms with Gasteiger partial charge in [-0.15, -0.1) is 0 Å². The molecule has 2 aliphatic heterocycles. The van der Waals surface area contributed by atoms with Crippen LogP contribution in [0.1, 0.15) is 24.3 Å². The Balaban J connectivity index is 1.44. The SMILES string of the molecule is OCC1OC(OCC2CC(n3cnc4c3NC=NCC4O)C(O)C2O)C(O)C(O)C1O. The summed E-state index contributed by atoms with van der Waals surface area (Å²) in [5.41, 5.74) is 0.389. The molecule has 13 heteroatoms. The van der Waals surface area contributed by atoms with Crippen LogP contribution < -0.4 is 5.32 Å². The zero-order valence-corrected chi connectivity index (χ0v) is 16.5. The summed E-state index contributed by atoms with van der Waals surface area (Å²) in [7, 11) is 0. The van der Waals surface area contributed by atoms with Crippen LogP contribution in [-0.4, -0.2) is 114 Å². The lowest BCUT2D eigenvalue weighted by Crippen LogP contribution is -2.59. The third-order valence-electron chi connectivity index (χ3n) is 6.16. The fourth-order valence-electron chi connectivity index (χ4n) is 4.33. The first-order chi connectivity index (χ1) is 14.8. The zero-order chi connectivity index (χ0) is 22.3. The molecular weight excluding hydrogens is 416 g/mol. The molecule has 1 aromatic rings. The van der Waals surface area contributed by atoms with E-state index in [0.29, 0.717) is 11.5 Å². The molecule has 10 unspecified atom stereocenters. The second-order valence-electron chi connectivity index (χ2n) is 8.11. The van der Waals surface area contributed by atoms with Crippen molar-refractivity contribution in [3.63, 3.8) is 0 Å². The molecule has 0 radical (unpaired) electrons. The van der Waals surface area contributed by atoms with E-state index in [0.717, 1.165) is 0 Å². The van der Waals surface area contributed by atoms with Gasteiger partial charge in [0.1, 0.15) is 48.1 Å². The van der Waals surface area contributed by atoms with Crippen molar-refractivity contribution in [2.75, 3.05) is 25.1 Å². The molecule has 0 bridgehead atoms. The summed E-state index contributed by atoms with van der Waals surface area (Å²) in [5.74, 6) is -0.0738. The number of nitrogens with one attached hydrogen (secondary N) is 1. The molecule has 1 aliphatic carbocycles. The molecule has 1 saturated carbocycles. The summed E-state index contributed by atoms with van der Waals surface area (Å²) in [6.07, 6.45) is -7.04. The minimum absolute atomic E-state index is 0.119. The van der Waals surface area contributed by atoms with Gasteiger partial charge in [0.2, 0.25) is 0 Å². The zero-order valence-electron chi connectivity index (χ0n) is 16.5. The maximum Gasteiger partial charge on any atom is 0.186 e. The average molecular weight is 444 g/mol. The first-order valence-electron chi connectivity index (χ1n) is 10.1. The van der Waals surface area contributed by atoms with E-state index >= 15 is 0 Å². The Labute approximate surface area is 177 Å². The van der Waals surface area contributed by atoms with Crippen molar-refractivity contribution >= 4 is 12.2 Å². The fraction of sp³-hybridized carbons (Fsp3) is 0.778. The average Bonchev–Trinajstić information content (AvgIpc) is 3.24. The van der Waals surface area contributed by atoms with Crippen molar-refractivity contribution in [1.29, 1.82) is 0 Å². The number of fused-ring (bicyclic) bond motifs is 1. The van der Waals surface area contributed by atoms with Gasteiger partial charge in [-0.3, -0.25) is 4.99 Å². The second kappa shape index (κ2) is 9.05. The molecule has 2 fully saturated rings. The number of hydrogen-bond donors (Lipinski definition) is 8. The lowest BCUT2D eigenvalue weighted by atomic mass is 9.99. The van der Waals surface area contributed by atoms with Crippen molar-refractivity contribution in [2.45, 2.75) is 61.5 Å². The second-order valence-corrected chi connectivity index (χ2v) is 8.11. The Morgan fingerprint density at radius 1 is 1.06 bits per heavy atom. The molecule has 3 aliphatic rings. The molecule has 8 N–H and O–H groups in total. The predicted octanol–water partition coefficient (Wildman–Crippen LogP) is -3.53. The standard InChI is InChI=1S/C18H28N4O9/c23-3-10-14(27)15(28)16(29)18(31-10)30-4-7-1-8(13(26)12(7)25)22-6-21-11-9(24)2-19-5-20-17(11)22/h5-10,12-16,18,23-29H,1-4H2,(H,19,20). The van der Waals surface area contributed by atoms with Crippen LogP contribution in [0.3, 0.4) is 0 Å². The fourth-order valence-corrected chi connectivity index (χ4v) is 4.33. The van der Waals surface area contributed by atoms with Crippen LogP contribution in [-0.2, 0) is 9.47 Å². The Hall–Kier alpha value is -1.68. The van der Waals surface area contributed by atoms with E-state index in [1.54, 1.807) is 4.57 Å². The summed E-state index contributed by atoms with van der Waals surface area (Å²) < 4.78 is 12.5. The molecule has 31 heavy (non-hydrogen) atoms. The highest BCUT2D eigenvalue weighted by Crippen LogP contribution is 2.39. The van der Waals surface area contributed by atoms with Crippen LogP contribution in [0.25, 0.3) is 0 Å². The molecule has 0 aromatic carbocycles. The van der Waals surface area contributed by atoms with Gasteiger partial charge in [-0.1, -0.05) is 0 Å². The number of imidazole rings is 1. The van der Waals surface area contributed by atoms with Gasteiger partial charge in [0.25, 0.3) is 0 Å². The van der Waals surface area contributed by atoms with Crippen LogP contribution in [0.2, 0.25) is 0 Å². The van der Waals surface area contributed by atoms with Crippen molar-refractivity contribution < 1.29 is 45.2 Å². The first kappa shape index (κ1) is 22.5. The van der Waals surface area contributed by atoms with Gasteiger partial charge >= 0.3 is 0 Å². The lowest BCUT2D eigenvalue weighted by molar-refractivity contribution is -0.304. The molecular formula is C18H28N4O9. The smallest absolute Gasteiger partial charge is 0.186 e. The minimum atomic E-state index is -1.57. The molecule has 3 heterocycles. The molecule has 1 aromatic heterocycles. The highest BCUT2D eigenvalue weighted by atomic mass is 16.7. The monoisotopic (exact) mass is 444 g/mol. The van der Waals surface area contributed by atoms with E-state index in [4.69, 9.17) is 9.47 Å². The van der Waals surface area contributed by atoms with Crippen LogP contribution >= 0.6 is 0 Å². The van der Waals surface area contributed by atoms with E-state index in [9.17, 15) is 35.7 Å². The summed E-state index contributed by atoms with van der Waals surface area (Å²) in [6, 6.07) is -0.569. The lowest BCUT2D eigenvalue weighted by Gasteiger charge is -2.40. The van der Waals surface area contributed by atoms with Crippen LogP contribution in [0.4, 0.5) is 5.82 Å². The number of hydrogen-bond acceptors (Lipinski definition) is 12. The minimum Gasteiger partial charge on any atom is -0.394 e. The number of aromatic nitrogens is 2. The van der Waals surface area contributed by atoms with E-state index in [2.05, 4.69) is 15.3 Å². The first-order valence-corrected chi connectivity index (χ1v) is 10.1. The van der Waals surface area contributed by atoms with Crippen molar-refractivity contribution in [2.24, 2.45) is 10.9 Å². The molecule has 4 rings (SSSR count). The molecule has 0 spiro atoms. The normalized spacial score (nSPS) is 42.8. The summed E-state index contributed by atoms with van der Waals surface area (Å²) in [4.78, 5) is 8.21. The van der Waals surface area contributed by atoms with Crippen molar-refractivity contribution in [1.82, 2.24) is 9.55 Å². The van der Waals surface area contributed by atoms with Crippen LogP contribution in [0, 0.1) is 5.92 Å². The summed E-state index contributed by atoms with van der Waals surface area (Å²) in [5, 5.41) is 73.3. The summed E-state index contributed by atoms with van der Waals surface area (Å²) in [6.45, 7) is -0.542. The van der Waals surface area contributed by atoms with E-state index < -0.39 is 67.6 Å². The number of aliphatic hydroxyl groups is 7. The van der Waals surface area contributed by atoms with Crippen LogP contribution in [0.5, 0.6) is 0 Å². The largest absolute Gasteiger partial charge is 0.394 e. The number of aliphatic imine (C=N–C) groups is 1. The maximum atomic E-state index is 10.6. The Morgan fingerprint density at radius 3 is 2.58 bits per heavy atom. The molecule has 1 saturated heterocycles. The Morgan fingerprint density at radius 2 is 1.84 bits per heavy atom. The van der Waals surface area contributed by atoms with Gasteiger partial charge in [-0.05, 0) is 6.42 Å². The van der Waals surface area contributed by atoms with E-state index in [1.807, 2.05) is 0 Å². The van der Waals surface area contributed by atoms with E-state index in [-0.39, 0.29) is 19.6 Å². The third-order valence-corrected chi connectivity index (χ3v) is 6.16. The maximum absolute atomic E-state index is 10.6. The van der Waals surface area contributed by atoms with E-state index in [1.165, 1.54) is 12.7 Å². The number of nitrogens with zero attached hydrogens (tertiary/aromatic N) is 3. The van der Waals surface area contributed by atoms with Gasteiger partial charge in [0.05, 0.1) is 44.6 Å². The molecule has 174 valence electrons. The van der Waals surface area contributed by atoms with Crippen molar-refractivity contribution in [3.05, 3.63) is 12.0 Å². The number of anilines is 1. The Kier molecular flexibility index (Phi) is 6.57. The molecule has 0 amide bonds. The number of aliphatic hydroxyl groups excluding tert-OH is 7. The Bertz CT molecular complexity index is 790. The van der Waals surface area contributed by atoms with Gasteiger partial charge < -0.3 is 55.1 Å². The number of ether oxygens (including phenoxy) is 2. The van der Waals surface area contributed by atoms with Gasteiger partial charge in [0.15, 0.2) is 6.29 Å². The highest BCUT2D eigenvalue weighted by Gasteiger charge is 2.47. The topological polar surface area (TPSA) is 202 Å². The number of rotatable bonds is 5. The predicted molar refractivity (Wildman–Crippen MR) is 103 cm³/mol. The quantitative estimate of drug-likeness (QED) is 0.224. The molecule has 13 nitrogen and oxygen atoms in total. The summed E-state index contributed by atoms with van der Waals surface area (Å²) >= 11 is 0. The molecule has 10 atom stereocenters. The van der Waals surface area contributed by atoms with Crippen LogP contribution in [0.15, 0.2) is 11.3 Å². The van der Waals surface area contributed by atoms with Gasteiger partial charge in [-0.25, -0.2) is 4.98 Å². The van der Waals surface area contributed by atoms with Gasteiger partial charge in [-0.2, -0.15) is 0 Å². The third kappa shape index (κ3) is 4.08. The van der Waals surface area contributed by atoms with Crippen molar-refractivity contribution in [3.8, 4) is 0 Å². The van der Waals surface area contributed by atoms with Gasteiger partial charge in [0, 0.05) is 5.92 Å². The highest BCUT2D eigenvalue weighted by molar-refractivity contribution is 5.76.